The highest BCUT2D eigenvalue weighted by atomic mass is 19.1. The Bertz CT molecular complexity index is 1080. The fraction of sp³-hybridized carbons (Fsp3) is 0.0556. The number of halogens is 1. The van der Waals surface area contributed by atoms with E-state index in [1.165, 1.54) is 10.6 Å². The molecule has 116 valence electrons. The van der Waals surface area contributed by atoms with Gasteiger partial charge in [0.2, 0.25) is 5.82 Å². The van der Waals surface area contributed by atoms with Crippen LogP contribution in [-0.4, -0.2) is 24.1 Å². The molecule has 0 bridgehead atoms. The zero-order valence-electron chi connectivity index (χ0n) is 12.8. The molecule has 0 radical (unpaired) electrons. The van der Waals surface area contributed by atoms with Crippen LogP contribution in [0.2, 0.25) is 0 Å². The van der Waals surface area contributed by atoms with Crippen LogP contribution in [0, 0.1) is 17.7 Å². The molecule has 0 atom stereocenters. The third-order valence-electron chi connectivity index (χ3n) is 3.55. The second-order valence-electron chi connectivity index (χ2n) is 5.24. The topological polar surface area (TPSA) is 48.0 Å². The van der Waals surface area contributed by atoms with Crippen molar-refractivity contribution >= 4 is 5.65 Å². The number of rotatable bonds is 1. The average Bonchev–Trinajstić information content (AvgIpc) is 3.18. The van der Waals surface area contributed by atoms with Gasteiger partial charge in [-0.1, -0.05) is 30.3 Å². The average molecular weight is 317 g/mol. The van der Waals surface area contributed by atoms with E-state index < -0.39 is 5.82 Å². The molecule has 0 amide bonds. The summed E-state index contributed by atoms with van der Waals surface area (Å²) in [6.45, 7) is 0. The Hall–Kier alpha value is -3.46. The third-order valence-corrected chi connectivity index (χ3v) is 3.55. The molecule has 0 fully saturated rings. The van der Waals surface area contributed by atoms with Crippen molar-refractivity contribution in [1.29, 1.82) is 0 Å². The highest BCUT2D eigenvalue weighted by molar-refractivity contribution is 5.59. The van der Waals surface area contributed by atoms with Gasteiger partial charge < -0.3 is 4.57 Å². The zero-order chi connectivity index (χ0) is 16.5. The Kier molecular flexibility index (Phi) is 3.32. The maximum Gasteiger partial charge on any atom is 0.226 e. The molecule has 0 aliphatic heterocycles. The SMILES string of the molecule is Cn1cc(-c2ccccc2)nc1C#Cc1nc2c(F)cccn2n1. The Morgan fingerprint density at radius 3 is 2.62 bits per heavy atom. The van der Waals surface area contributed by atoms with E-state index >= 15 is 0 Å². The first-order chi connectivity index (χ1) is 11.7. The second kappa shape index (κ2) is 5.63. The van der Waals surface area contributed by atoms with E-state index in [9.17, 15) is 4.39 Å². The van der Waals surface area contributed by atoms with Gasteiger partial charge in [0.05, 0.1) is 5.69 Å². The largest absolute Gasteiger partial charge is 0.327 e. The van der Waals surface area contributed by atoms with Crippen molar-refractivity contribution in [2.45, 2.75) is 0 Å². The van der Waals surface area contributed by atoms with Crippen LogP contribution in [-0.2, 0) is 7.05 Å². The summed E-state index contributed by atoms with van der Waals surface area (Å²) in [5.41, 5.74) is 2.03. The van der Waals surface area contributed by atoms with Crippen LogP contribution < -0.4 is 0 Å². The summed E-state index contributed by atoms with van der Waals surface area (Å²) in [7, 11) is 1.88. The molecule has 0 saturated carbocycles. The smallest absolute Gasteiger partial charge is 0.226 e. The first-order valence-corrected chi connectivity index (χ1v) is 7.32. The van der Waals surface area contributed by atoms with Gasteiger partial charge in [-0.25, -0.2) is 13.9 Å². The molecule has 0 N–H and O–H groups in total. The van der Waals surface area contributed by atoms with Gasteiger partial charge in [0.15, 0.2) is 17.3 Å². The lowest BCUT2D eigenvalue weighted by Gasteiger charge is -1.92. The maximum atomic E-state index is 13.6. The van der Waals surface area contributed by atoms with Gasteiger partial charge in [-0.05, 0) is 24.0 Å². The molecule has 0 spiro atoms. The van der Waals surface area contributed by atoms with Crippen LogP contribution in [0.25, 0.3) is 16.9 Å². The maximum absolute atomic E-state index is 13.6. The van der Waals surface area contributed by atoms with Gasteiger partial charge in [0, 0.05) is 25.0 Å². The van der Waals surface area contributed by atoms with Gasteiger partial charge in [0.25, 0.3) is 0 Å². The minimum Gasteiger partial charge on any atom is -0.327 e. The number of imidazole rings is 1. The number of hydrogen-bond acceptors (Lipinski definition) is 3. The van der Waals surface area contributed by atoms with Crippen molar-refractivity contribution in [3.05, 3.63) is 72.3 Å². The van der Waals surface area contributed by atoms with Gasteiger partial charge in [-0.3, -0.25) is 0 Å². The summed E-state index contributed by atoms with van der Waals surface area (Å²) >= 11 is 0. The van der Waals surface area contributed by atoms with Crippen molar-refractivity contribution in [2.24, 2.45) is 7.05 Å². The molecular weight excluding hydrogens is 305 g/mol. The first kappa shape index (κ1) is 14.2. The highest BCUT2D eigenvalue weighted by Crippen LogP contribution is 2.17. The van der Waals surface area contributed by atoms with E-state index in [1.54, 1.807) is 12.3 Å². The quantitative estimate of drug-likeness (QED) is 0.507. The fourth-order valence-corrected chi connectivity index (χ4v) is 2.37. The highest BCUT2D eigenvalue weighted by Gasteiger charge is 2.07. The number of nitrogens with zero attached hydrogens (tertiary/aromatic N) is 5. The van der Waals surface area contributed by atoms with Gasteiger partial charge in [-0.2, -0.15) is 4.98 Å². The van der Waals surface area contributed by atoms with Gasteiger partial charge in [-0.15, -0.1) is 5.10 Å². The Morgan fingerprint density at radius 2 is 1.83 bits per heavy atom. The van der Waals surface area contributed by atoms with Crippen LogP contribution >= 0.6 is 0 Å². The fourth-order valence-electron chi connectivity index (χ4n) is 2.37. The summed E-state index contributed by atoms with van der Waals surface area (Å²) in [4.78, 5) is 8.61. The van der Waals surface area contributed by atoms with E-state index in [4.69, 9.17) is 0 Å². The van der Waals surface area contributed by atoms with Gasteiger partial charge in [0.1, 0.15) is 0 Å². The molecule has 0 aliphatic carbocycles. The van der Waals surface area contributed by atoms with Crippen LogP contribution in [0.15, 0.2) is 54.9 Å². The summed E-state index contributed by atoms with van der Waals surface area (Å²) in [6, 6.07) is 12.8. The lowest BCUT2D eigenvalue weighted by molar-refractivity contribution is 0.627. The molecule has 0 aliphatic rings. The first-order valence-electron chi connectivity index (χ1n) is 7.32. The zero-order valence-corrected chi connectivity index (χ0v) is 12.8. The Morgan fingerprint density at radius 1 is 1.00 bits per heavy atom. The second-order valence-corrected chi connectivity index (χ2v) is 5.24. The van der Waals surface area contributed by atoms with E-state index in [0.717, 1.165) is 11.3 Å². The van der Waals surface area contributed by atoms with Crippen LogP contribution in [0.4, 0.5) is 4.39 Å². The lowest BCUT2D eigenvalue weighted by atomic mass is 10.2. The van der Waals surface area contributed by atoms with Crippen molar-refractivity contribution < 1.29 is 4.39 Å². The summed E-state index contributed by atoms with van der Waals surface area (Å²) in [5, 5.41) is 4.14. The van der Waals surface area contributed by atoms with E-state index in [2.05, 4.69) is 26.9 Å². The van der Waals surface area contributed by atoms with Crippen molar-refractivity contribution in [3.8, 4) is 23.1 Å². The number of aryl methyl sites for hydroxylation is 1. The van der Waals surface area contributed by atoms with Gasteiger partial charge >= 0.3 is 0 Å². The van der Waals surface area contributed by atoms with Crippen molar-refractivity contribution in [2.75, 3.05) is 0 Å². The molecule has 6 heteroatoms. The minimum atomic E-state index is -0.429. The number of aromatic nitrogens is 5. The number of pyridine rings is 1. The van der Waals surface area contributed by atoms with Crippen LogP contribution in [0.5, 0.6) is 0 Å². The molecule has 3 aromatic heterocycles. The summed E-state index contributed by atoms with van der Waals surface area (Å²) in [5.74, 6) is 6.20. The standard InChI is InChI=1S/C18H12FN5/c1-23-12-15(13-6-3-2-4-7-13)20-17(23)10-9-16-21-18-14(19)8-5-11-24(18)22-16/h2-8,11-12H,1H3. The predicted molar refractivity (Wildman–Crippen MR) is 87.6 cm³/mol. The Labute approximate surface area is 137 Å². The predicted octanol–water partition coefficient (Wildman–Crippen LogP) is 2.67. The molecule has 5 nitrogen and oxygen atoms in total. The molecule has 1 aromatic carbocycles. The van der Waals surface area contributed by atoms with E-state index in [1.807, 2.05) is 48.1 Å². The summed E-state index contributed by atoms with van der Waals surface area (Å²) < 4.78 is 16.8. The number of benzene rings is 1. The normalized spacial score (nSPS) is 10.6. The molecule has 3 heterocycles. The molecular formula is C18H12FN5. The van der Waals surface area contributed by atoms with E-state index in [0.29, 0.717) is 5.82 Å². The van der Waals surface area contributed by atoms with Crippen molar-refractivity contribution in [3.63, 3.8) is 0 Å². The molecule has 0 unspecified atom stereocenters. The molecule has 24 heavy (non-hydrogen) atoms. The minimum absolute atomic E-state index is 0.159. The Balaban J connectivity index is 1.70. The third kappa shape index (κ3) is 2.52. The lowest BCUT2D eigenvalue weighted by Crippen LogP contribution is -1.91. The number of hydrogen-bond donors (Lipinski definition) is 0. The van der Waals surface area contributed by atoms with Crippen LogP contribution in [0.1, 0.15) is 11.6 Å². The van der Waals surface area contributed by atoms with Crippen LogP contribution in [0.3, 0.4) is 0 Å². The molecule has 0 saturated heterocycles. The monoisotopic (exact) mass is 317 g/mol. The van der Waals surface area contributed by atoms with E-state index in [-0.39, 0.29) is 11.5 Å². The summed E-state index contributed by atoms with van der Waals surface area (Å²) in [6.07, 6.45) is 3.54. The molecule has 4 aromatic rings. The number of fused-ring (bicyclic) bond motifs is 1. The molecule has 4 rings (SSSR count). The van der Waals surface area contributed by atoms with Crippen molar-refractivity contribution in [1.82, 2.24) is 24.1 Å².